The minimum Gasteiger partial charge on any atom is -0.481 e. The van der Waals surface area contributed by atoms with E-state index in [-0.39, 0.29) is 12.0 Å². The third-order valence-corrected chi connectivity index (χ3v) is 4.83. The zero-order valence-electron chi connectivity index (χ0n) is 17.7. The predicted molar refractivity (Wildman–Crippen MR) is 122 cm³/mol. The number of nitrogens with zero attached hydrogens (tertiary/aromatic N) is 1. The van der Waals surface area contributed by atoms with Crippen LogP contribution in [0.5, 0.6) is 17.6 Å². The van der Waals surface area contributed by atoms with Crippen LogP contribution >= 0.6 is 11.6 Å². The third kappa shape index (κ3) is 5.42. The van der Waals surface area contributed by atoms with Gasteiger partial charge in [0.15, 0.2) is 11.7 Å². The number of benzene rings is 3. The van der Waals surface area contributed by atoms with Crippen molar-refractivity contribution in [1.82, 2.24) is 4.98 Å². The number of amides is 1. The number of esters is 1. The molecule has 0 aliphatic rings. The Morgan fingerprint density at radius 1 is 1.03 bits per heavy atom. The molecule has 1 N–H and O–H groups in total. The predicted octanol–water partition coefficient (Wildman–Crippen LogP) is 5.47. The SMILES string of the molecule is COC(=O)c1cccc(NC(=O)C(C)Oc2ccc(Oc3nc4ccc(Cl)cc4o3)cc2)c1. The average Bonchev–Trinajstić information content (AvgIpc) is 3.21. The van der Waals surface area contributed by atoms with Crippen LogP contribution < -0.4 is 14.8 Å². The molecule has 168 valence electrons. The summed E-state index contributed by atoms with van der Waals surface area (Å²) in [6.45, 7) is 1.62. The molecule has 1 unspecified atom stereocenters. The molecule has 1 aromatic heterocycles. The number of ether oxygens (including phenoxy) is 3. The van der Waals surface area contributed by atoms with Gasteiger partial charge < -0.3 is 23.9 Å². The molecular weight excluding hydrogens is 448 g/mol. The Labute approximate surface area is 194 Å². The van der Waals surface area contributed by atoms with E-state index in [4.69, 9.17) is 25.5 Å². The van der Waals surface area contributed by atoms with Gasteiger partial charge in [-0.25, -0.2) is 4.79 Å². The lowest BCUT2D eigenvalue weighted by atomic mass is 10.2. The van der Waals surface area contributed by atoms with Crippen LogP contribution in [0.3, 0.4) is 0 Å². The van der Waals surface area contributed by atoms with E-state index in [1.165, 1.54) is 13.2 Å². The van der Waals surface area contributed by atoms with Gasteiger partial charge >= 0.3 is 12.0 Å². The van der Waals surface area contributed by atoms with E-state index in [2.05, 4.69) is 15.0 Å². The van der Waals surface area contributed by atoms with Crippen molar-refractivity contribution in [1.29, 1.82) is 0 Å². The first-order chi connectivity index (χ1) is 15.9. The molecule has 9 heteroatoms. The first kappa shape index (κ1) is 22.2. The van der Waals surface area contributed by atoms with Gasteiger partial charge in [-0.15, -0.1) is 0 Å². The van der Waals surface area contributed by atoms with Gasteiger partial charge in [0, 0.05) is 16.8 Å². The summed E-state index contributed by atoms with van der Waals surface area (Å²) >= 11 is 5.95. The summed E-state index contributed by atoms with van der Waals surface area (Å²) < 4.78 is 21.6. The van der Waals surface area contributed by atoms with Crippen LogP contribution in [0.4, 0.5) is 5.69 Å². The van der Waals surface area contributed by atoms with Crippen LogP contribution in [-0.2, 0) is 9.53 Å². The molecule has 1 heterocycles. The van der Waals surface area contributed by atoms with E-state index < -0.39 is 12.1 Å². The lowest BCUT2D eigenvalue weighted by Crippen LogP contribution is -2.30. The molecular formula is C24H19ClN2O6. The number of anilines is 1. The highest BCUT2D eigenvalue weighted by molar-refractivity contribution is 6.31. The summed E-state index contributed by atoms with van der Waals surface area (Å²) in [5.74, 6) is 0.0937. The highest BCUT2D eigenvalue weighted by atomic mass is 35.5. The number of halogens is 1. The Morgan fingerprint density at radius 3 is 2.55 bits per heavy atom. The van der Waals surface area contributed by atoms with Crippen LogP contribution in [0.1, 0.15) is 17.3 Å². The van der Waals surface area contributed by atoms with Crippen molar-refractivity contribution in [3.63, 3.8) is 0 Å². The molecule has 3 aromatic carbocycles. The minimum atomic E-state index is -0.791. The lowest BCUT2D eigenvalue weighted by Gasteiger charge is -2.15. The smallest absolute Gasteiger partial charge is 0.400 e. The van der Waals surface area contributed by atoms with Crippen molar-refractivity contribution in [2.45, 2.75) is 13.0 Å². The van der Waals surface area contributed by atoms with Gasteiger partial charge in [0.05, 0.1) is 12.7 Å². The molecule has 0 radical (unpaired) electrons. The Morgan fingerprint density at radius 2 is 1.79 bits per heavy atom. The molecule has 0 fully saturated rings. The van der Waals surface area contributed by atoms with E-state index in [0.717, 1.165) is 0 Å². The van der Waals surface area contributed by atoms with Crippen molar-refractivity contribution in [2.75, 3.05) is 12.4 Å². The minimum absolute atomic E-state index is 0.0860. The van der Waals surface area contributed by atoms with Crippen LogP contribution in [-0.4, -0.2) is 30.1 Å². The van der Waals surface area contributed by atoms with Crippen molar-refractivity contribution < 1.29 is 28.2 Å². The molecule has 0 spiro atoms. The molecule has 0 saturated carbocycles. The fourth-order valence-electron chi connectivity index (χ4n) is 2.95. The number of hydrogen-bond acceptors (Lipinski definition) is 7. The second-order valence-corrected chi connectivity index (χ2v) is 7.42. The zero-order valence-corrected chi connectivity index (χ0v) is 18.5. The van der Waals surface area contributed by atoms with E-state index >= 15 is 0 Å². The number of oxazole rings is 1. The number of carbonyl (C=O) groups is 2. The molecule has 0 aliphatic carbocycles. The topological polar surface area (TPSA) is 99.9 Å². The van der Waals surface area contributed by atoms with Crippen LogP contribution in [0.15, 0.2) is 71.1 Å². The third-order valence-electron chi connectivity index (χ3n) is 4.59. The van der Waals surface area contributed by atoms with Crippen molar-refractivity contribution in [3.05, 3.63) is 77.3 Å². The van der Waals surface area contributed by atoms with Gasteiger partial charge in [-0.3, -0.25) is 4.79 Å². The molecule has 8 nitrogen and oxygen atoms in total. The largest absolute Gasteiger partial charge is 0.481 e. The molecule has 0 saturated heterocycles. The zero-order chi connectivity index (χ0) is 23.4. The first-order valence-corrected chi connectivity index (χ1v) is 10.3. The number of hydrogen-bond donors (Lipinski definition) is 1. The summed E-state index contributed by atoms with van der Waals surface area (Å²) in [6, 6.07) is 18.2. The second-order valence-electron chi connectivity index (χ2n) is 6.99. The van der Waals surface area contributed by atoms with Gasteiger partial charge in [0.1, 0.15) is 17.0 Å². The Bertz CT molecular complexity index is 1300. The maximum absolute atomic E-state index is 12.5. The number of nitrogens with one attached hydrogen (secondary N) is 1. The van der Waals surface area contributed by atoms with E-state index in [9.17, 15) is 9.59 Å². The molecule has 0 bridgehead atoms. The second kappa shape index (κ2) is 9.62. The van der Waals surface area contributed by atoms with E-state index in [0.29, 0.717) is 38.9 Å². The lowest BCUT2D eigenvalue weighted by molar-refractivity contribution is -0.122. The summed E-state index contributed by atoms with van der Waals surface area (Å²) in [7, 11) is 1.29. The monoisotopic (exact) mass is 466 g/mol. The molecule has 1 atom stereocenters. The van der Waals surface area contributed by atoms with E-state index in [1.54, 1.807) is 67.6 Å². The summed E-state index contributed by atoms with van der Waals surface area (Å²) in [6.07, 6.45) is -0.705. The number of aromatic nitrogens is 1. The Kier molecular flexibility index (Phi) is 6.46. The summed E-state index contributed by atoms with van der Waals surface area (Å²) in [5.41, 5.74) is 1.95. The molecule has 0 aliphatic heterocycles. The quantitative estimate of drug-likeness (QED) is 0.360. The van der Waals surface area contributed by atoms with E-state index in [1.807, 2.05) is 0 Å². The first-order valence-electron chi connectivity index (χ1n) is 9.91. The highest BCUT2D eigenvalue weighted by Crippen LogP contribution is 2.28. The highest BCUT2D eigenvalue weighted by Gasteiger charge is 2.16. The van der Waals surface area contributed by atoms with Crippen LogP contribution in [0, 0.1) is 0 Å². The molecule has 1 amide bonds. The maximum atomic E-state index is 12.5. The molecule has 4 aromatic rings. The average molecular weight is 467 g/mol. The van der Waals surface area contributed by atoms with Crippen molar-refractivity contribution >= 4 is 40.3 Å². The number of carbonyl (C=O) groups excluding carboxylic acids is 2. The number of rotatable bonds is 7. The number of methoxy groups -OCH3 is 1. The summed E-state index contributed by atoms with van der Waals surface area (Å²) in [4.78, 5) is 28.4. The van der Waals surface area contributed by atoms with Crippen molar-refractivity contribution in [2.24, 2.45) is 0 Å². The van der Waals surface area contributed by atoms with Gasteiger partial charge in [-0.1, -0.05) is 17.7 Å². The molecule has 4 rings (SSSR count). The number of fused-ring (bicyclic) bond motifs is 1. The van der Waals surface area contributed by atoms with Crippen LogP contribution in [0.2, 0.25) is 5.02 Å². The van der Waals surface area contributed by atoms with Gasteiger partial charge in [0.25, 0.3) is 5.91 Å². The normalized spacial score (nSPS) is 11.6. The van der Waals surface area contributed by atoms with Gasteiger partial charge in [0.2, 0.25) is 0 Å². The van der Waals surface area contributed by atoms with Crippen LogP contribution in [0.25, 0.3) is 11.1 Å². The fraction of sp³-hybridized carbons (Fsp3) is 0.125. The standard InChI is InChI=1S/C24H19ClN2O6/c1-14(22(28)26-17-5-3-4-15(12-17)23(29)30-2)31-18-7-9-19(10-8-18)32-24-27-20-11-6-16(25)13-21(20)33-24/h3-14H,1-2H3,(H,26,28). The Balaban J connectivity index is 1.36. The molecule has 33 heavy (non-hydrogen) atoms. The Hall–Kier alpha value is -4.04. The summed E-state index contributed by atoms with van der Waals surface area (Å²) in [5, 5.41) is 3.26. The van der Waals surface area contributed by atoms with Gasteiger partial charge in [-0.2, -0.15) is 4.98 Å². The van der Waals surface area contributed by atoms with Gasteiger partial charge in [-0.05, 0) is 61.5 Å². The maximum Gasteiger partial charge on any atom is 0.400 e. The fourth-order valence-corrected chi connectivity index (χ4v) is 3.11. The van der Waals surface area contributed by atoms with Crippen molar-refractivity contribution in [3.8, 4) is 17.6 Å².